The summed E-state index contributed by atoms with van der Waals surface area (Å²) in [6.07, 6.45) is 3.19. The van der Waals surface area contributed by atoms with Crippen LogP contribution in [0, 0.1) is 0 Å². The van der Waals surface area contributed by atoms with Crippen molar-refractivity contribution >= 4 is 5.91 Å². The van der Waals surface area contributed by atoms with Crippen LogP contribution in [0.5, 0.6) is 5.75 Å². The van der Waals surface area contributed by atoms with Crippen molar-refractivity contribution in [1.29, 1.82) is 0 Å². The van der Waals surface area contributed by atoms with Crippen LogP contribution < -0.4 is 10.1 Å². The summed E-state index contributed by atoms with van der Waals surface area (Å²) < 4.78 is 5.82. The van der Waals surface area contributed by atoms with Gasteiger partial charge in [-0.15, -0.1) is 0 Å². The summed E-state index contributed by atoms with van der Waals surface area (Å²) in [6, 6.07) is 11.5. The maximum absolute atomic E-state index is 11.9. The molecule has 0 fully saturated rings. The summed E-state index contributed by atoms with van der Waals surface area (Å²) >= 11 is 0. The number of nitrogens with zero attached hydrogens (tertiary/aromatic N) is 1. The molecule has 0 aliphatic rings. The molecule has 1 amide bonds. The zero-order chi connectivity index (χ0) is 16.0. The molecule has 1 N–H and O–H groups in total. The Morgan fingerprint density at radius 2 is 1.95 bits per heavy atom. The van der Waals surface area contributed by atoms with E-state index in [2.05, 4.69) is 37.1 Å². The van der Waals surface area contributed by atoms with E-state index in [9.17, 15) is 4.79 Å². The fourth-order valence-electron chi connectivity index (χ4n) is 2.14. The Balaban J connectivity index is 1.86. The molecule has 0 radical (unpaired) electrons. The van der Waals surface area contributed by atoms with E-state index in [0.29, 0.717) is 18.7 Å². The largest absolute Gasteiger partial charge is 0.491 e. The average Bonchev–Trinajstić information content (AvgIpc) is 2.51. The summed E-state index contributed by atoms with van der Waals surface area (Å²) in [4.78, 5) is 15.8. The molecule has 1 heterocycles. The van der Waals surface area contributed by atoms with E-state index in [-0.39, 0.29) is 11.3 Å². The van der Waals surface area contributed by atoms with Gasteiger partial charge in [0.1, 0.15) is 12.4 Å². The van der Waals surface area contributed by atoms with Crippen LogP contribution in [-0.2, 0) is 5.41 Å². The highest BCUT2D eigenvalue weighted by molar-refractivity contribution is 5.93. The summed E-state index contributed by atoms with van der Waals surface area (Å²) in [5.74, 6) is 0.728. The molecule has 0 spiro atoms. The number of nitrogens with one attached hydrogen (secondary N) is 1. The number of amides is 1. The second kappa shape index (κ2) is 7.07. The van der Waals surface area contributed by atoms with Crippen molar-refractivity contribution < 1.29 is 9.53 Å². The fourth-order valence-corrected chi connectivity index (χ4v) is 2.14. The first-order valence-corrected chi connectivity index (χ1v) is 7.39. The molecule has 2 aromatic rings. The van der Waals surface area contributed by atoms with Gasteiger partial charge in [0.2, 0.25) is 0 Å². The van der Waals surface area contributed by atoms with Crippen molar-refractivity contribution in [3.8, 4) is 5.75 Å². The molecule has 2 rings (SSSR count). The van der Waals surface area contributed by atoms with E-state index in [1.807, 2.05) is 18.2 Å². The van der Waals surface area contributed by atoms with Gasteiger partial charge in [-0.3, -0.25) is 9.78 Å². The van der Waals surface area contributed by atoms with Gasteiger partial charge < -0.3 is 10.1 Å². The highest BCUT2D eigenvalue weighted by atomic mass is 16.5. The topological polar surface area (TPSA) is 51.2 Å². The van der Waals surface area contributed by atoms with Crippen LogP contribution in [-0.4, -0.2) is 24.0 Å². The Morgan fingerprint density at radius 1 is 1.18 bits per heavy atom. The normalized spacial score (nSPS) is 11.0. The molecule has 0 unspecified atom stereocenters. The summed E-state index contributed by atoms with van der Waals surface area (Å²) in [6.45, 7) is 7.34. The minimum absolute atomic E-state index is 0.0234. The van der Waals surface area contributed by atoms with Crippen LogP contribution in [0.1, 0.15) is 36.7 Å². The molecule has 1 aromatic carbocycles. The third kappa shape index (κ3) is 4.32. The number of hydrogen-bond acceptors (Lipinski definition) is 3. The van der Waals surface area contributed by atoms with Gasteiger partial charge >= 0.3 is 0 Å². The van der Waals surface area contributed by atoms with Gasteiger partial charge in [-0.05, 0) is 29.2 Å². The second-order valence-electron chi connectivity index (χ2n) is 6.09. The van der Waals surface area contributed by atoms with Gasteiger partial charge in [0.25, 0.3) is 5.91 Å². The minimum atomic E-state index is -0.138. The van der Waals surface area contributed by atoms with Crippen LogP contribution in [0.25, 0.3) is 0 Å². The maximum Gasteiger partial charge on any atom is 0.252 e. The van der Waals surface area contributed by atoms with Gasteiger partial charge in [-0.1, -0.05) is 39.0 Å². The van der Waals surface area contributed by atoms with Gasteiger partial charge in [0.15, 0.2) is 0 Å². The molecule has 4 nitrogen and oxygen atoms in total. The van der Waals surface area contributed by atoms with E-state index in [1.54, 1.807) is 24.5 Å². The number of hydrogen-bond donors (Lipinski definition) is 1. The number of benzene rings is 1. The molecule has 0 aliphatic carbocycles. The summed E-state index contributed by atoms with van der Waals surface area (Å²) in [5.41, 5.74) is 1.74. The molecule has 0 atom stereocenters. The Kier molecular flexibility index (Phi) is 5.15. The molecule has 22 heavy (non-hydrogen) atoms. The SMILES string of the molecule is CC(C)(C)c1ccccc1OCCNC(=O)c1cccnc1. The molecule has 0 saturated carbocycles. The highest BCUT2D eigenvalue weighted by Crippen LogP contribution is 2.30. The predicted molar refractivity (Wildman–Crippen MR) is 87.2 cm³/mol. The first-order chi connectivity index (χ1) is 10.5. The fraction of sp³-hybridized carbons (Fsp3) is 0.333. The Hall–Kier alpha value is -2.36. The van der Waals surface area contributed by atoms with Crippen molar-refractivity contribution in [2.24, 2.45) is 0 Å². The van der Waals surface area contributed by atoms with Crippen molar-refractivity contribution in [2.45, 2.75) is 26.2 Å². The zero-order valence-electron chi connectivity index (χ0n) is 13.3. The van der Waals surface area contributed by atoms with Gasteiger partial charge in [0.05, 0.1) is 12.1 Å². The number of para-hydroxylation sites is 1. The monoisotopic (exact) mass is 298 g/mol. The summed E-state index contributed by atoms with van der Waals surface area (Å²) in [7, 11) is 0. The van der Waals surface area contributed by atoms with E-state index >= 15 is 0 Å². The van der Waals surface area contributed by atoms with Crippen LogP contribution in [0.3, 0.4) is 0 Å². The maximum atomic E-state index is 11.9. The Bertz CT molecular complexity index is 618. The minimum Gasteiger partial charge on any atom is -0.491 e. The lowest BCUT2D eigenvalue weighted by Crippen LogP contribution is -2.28. The lowest BCUT2D eigenvalue weighted by molar-refractivity contribution is 0.0946. The number of aromatic nitrogens is 1. The first kappa shape index (κ1) is 16.0. The molecule has 116 valence electrons. The quantitative estimate of drug-likeness (QED) is 0.863. The van der Waals surface area contributed by atoms with Crippen LogP contribution in [0.15, 0.2) is 48.8 Å². The third-order valence-corrected chi connectivity index (χ3v) is 3.26. The first-order valence-electron chi connectivity index (χ1n) is 7.39. The Morgan fingerprint density at radius 3 is 2.64 bits per heavy atom. The van der Waals surface area contributed by atoms with Crippen molar-refractivity contribution in [3.05, 3.63) is 59.9 Å². The average molecular weight is 298 g/mol. The second-order valence-corrected chi connectivity index (χ2v) is 6.09. The van der Waals surface area contributed by atoms with Crippen molar-refractivity contribution in [1.82, 2.24) is 10.3 Å². The van der Waals surface area contributed by atoms with Crippen molar-refractivity contribution in [2.75, 3.05) is 13.2 Å². The molecule has 0 bridgehead atoms. The Labute approximate surface area is 131 Å². The molecule has 0 saturated heterocycles. The predicted octanol–water partition coefficient (Wildman–Crippen LogP) is 3.19. The molecule has 4 heteroatoms. The number of pyridine rings is 1. The van der Waals surface area contributed by atoms with Crippen LogP contribution in [0.4, 0.5) is 0 Å². The zero-order valence-corrected chi connectivity index (χ0v) is 13.3. The molecule has 1 aromatic heterocycles. The number of ether oxygens (including phenoxy) is 1. The molecular formula is C18H22N2O2. The third-order valence-electron chi connectivity index (χ3n) is 3.26. The van der Waals surface area contributed by atoms with Crippen LogP contribution in [0.2, 0.25) is 0 Å². The summed E-state index contributed by atoms with van der Waals surface area (Å²) in [5, 5.41) is 2.82. The van der Waals surface area contributed by atoms with E-state index in [0.717, 1.165) is 11.3 Å². The van der Waals surface area contributed by atoms with Crippen LogP contribution >= 0.6 is 0 Å². The standard InChI is InChI=1S/C18H22N2O2/c1-18(2,3)15-8-4-5-9-16(15)22-12-11-20-17(21)14-7-6-10-19-13-14/h4-10,13H,11-12H2,1-3H3,(H,20,21). The smallest absolute Gasteiger partial charge is 0.252 e. The number of carbonyl (C=O) groups excluding carboxylic acids is 1. The highest BCUT2D eigenvalue weighted by Gasteiger charge is 2.18. The van der Waals surface area contributed by atoms with E-state index in [1.165, 1.54) is 0 Å². The number of rotatable bonds is 5. The lowest BCUT2D eigenvalue weighted by Gasteiger charge is -2.22. The van der Waals surface area contributed by atoms with Gasteiger partial charge in [-0.25, -0.2) is 0 Å². The van der Waals surface area contributed by atoms with E-state index in [4.69, 9.17) is 4.74 Å². The molecule has 0 aliphatic heterocycles. The molecular weight excluding hydrogens is 276 g/mol. The number of carbonyl (C=O) groups is 1. The van der Waals surface area contributed by atoms with E-state index < -0.39 is 0 Å². The van der Waals surface area contributed by atoms with Gasteiger partial charge in [-0.2, -0.15) is 0 Å². The van der Waals surface area contributed by atoms with Gasteiger partial charge in [0, 0.05) is 12.4 Å². The lowest BCUT2D eigenvalue weighted by atomic mass is 9.86. The van der Waals surface area contributed by atoms with Crippen molar-refractivity contribution in [3.63, 3.8) is 0 Å².